The van der Waals surface area contributed by atoms with E-state index in [1.165, 1.54) is 18.3 Å². The van der Waals surface area contributed by atoms with Gasteiger partial charge in [0.15, 0.2) is 11.6 Å². The van der Waals surface area contributed by atoms with Gasteiger partial charge in [0.1, 0.15) is 5.70 Å². The maximum Gasteiger partial charge on any atom is 0.308 e. The lowest BCUT2D eigenvalue weighted by Gasteiger charge is -2.28. The van der Waals surface area contributed by atoms with Gasteiger partial charge in [0, 0.05) is 33.2 Å². The molecule has 0 aliphatic carbocycles. The third-order valence-electron chi connectivity index (χ3n) is 5.30. The number of amidine groups is 1. The largest absolute Gasteiger partial charge is 0.425 e. The number of anilines is 1. The van der Waals surface area contributed by atoms with Gasteiger partial charge in [-0.25, -0.2) is 15.0 Å². The number of carbonyl (C=O) groups excluding carboxylic acids is 2. The first kappa shape index (κ1) is 26.5. The molecule has 0 bridgehead atoms. The van der Waals surface area contributed by atoms with E-state index in [0.717, 1.165) is 24.9 Å². The second-order valence-corrected chi connectivity index (χ2v) is 11.7. The zero-order valence-corrected chi connectivity index (χ0v) is 25.2. The van der Waals surface area contributed by atoms with Crippen LogP contribution >= 0.6 is 59.1 Å². The smallest absolute Gasteiger partial charge is 0.308 e. The van der Waals surface area contributed by atoms with Gasteiger partial charge in [-0.3, -0.25) is 15.0 Å². The molecule has 0 atom stereocenters. The van der Waals surface area contributed by atoms with E-state index in [9.17, 15) is 9.59 Å². The molecule has 2 heterocycles. The molecule has 0 spiro atoms. The number of rotatable bonds is 5. The summed E-state index contributed by atoms with van der Waals surface area (Å²) < 4.78 is 7.69. The van der Waals surface area contributed by atoms with Crippen LogP contribution in [0.2, 0.25) is 0 Å². The monoisotopic (exact) mass is 714 g/mol. The van der Waals surface area contributed by atoms with E-state index in [1.54, 1.807) is 29.4 Å². The molecule has 1 aliphatic heterocycles. The number of aliphatic imine (C=N–C) groups is 1. The van der Waals surface area contributed by atoms with Gasteiger partial charge in [0.05, 0.1) is 9.35 Å². The number of esters is 1. The number of halogens is 3. The lowest BCUT2D eigenvalue weighted by Crippen LogP contribution is -2.50. The predicted octanol–water partition coefficient (Wildman–Crippen LogP) is 7.36. The van der Waals surface area contributed by atoms with E-state index in [4.69, 9.17) is 9.73 Å². The SMILES string of the molecule is CC(=O)Oc1c(Br)cc(Br)cc1/C=C1\N=C(c2ccccc2)N(c2ncc(-c3ccc(Br)cc3)s2)NC1=O. The van der Waals surface area contributed by atoms with Crippen LogP contribution in [-0.2, 0) is 9.59 Å². The van der Waals surface area contributed by atoms with Crippen LogP contribution in [0.3, 0.4) is 0 Å². The Kier molecular flexibility index (Phi) is 7.89. The molecular weight excluding hydrogens is 700 g/mol. The first-order valence-electron chi connectivity index (χ1n) is 11.1. The van der Waals surface area contributed by atoms with E-state index in [1.807, 2.05) is 54.6 Å². The zero-order chi connectivity index (χ0) is 26.8. The van der Waals surface area contributed by atoms with Crippen molar-refractivity contribution in [2.75, 3.05) is 5.01 Å². The molecule has 0 saturated heterocycles. The second-order valence-electron chi connectivity index (χ2n) is 8.02. The van der Waals surface area contributed by atoms with Crippen molar-refractivity contribution in [3.8, 4) is 16.2 Å². The molecule has 1 N–H and O–H groups in total. The van der Waals surface area contributed by atoms with Gasteiger partial charge in [0.2, 0.25) is 5.13 Å². The Morgan fingerprint density at radius 3 is 2.45 bits per heavy atom. The molecule has 0 radical (unpaired) electrons. The fourth-order valence-corrected chi connectivity index (χ4v) is 6.13. The van der Waals surface area contributed by atoms with Gasteiger partial charge in [0.25, 0.3) is 5.91 Å². The van der Waals surface area contributed by atoms with E-state index < -0.39 is 11.9 Å². The van der Waals surface area contributed by atoms with Gasteiger partial charge in [-0.05, 0) is 51.8 Å². The molecule has 3 aromatic carbocycles. The summed E-state index contributed by atoms with van der Waals surface area (Å²) in [5, 5.41) is 2.15. The second kappa shape index (κ2) is 11.3. The molecule has 11 heteroatoms. The molecule has 190 valence electrons. The number of hydrogen-bond donors (Lipinski definition) is 1. The summed E-state index contributed by atoms with van der Waals surface area (Å²) in [6, 6.07) is 21.0. The molecule has 0 fully saturated rings. The summed E-state index contributed by atoms with van der Waals surface area (Å²) in [4.78, 5) is 35.3. The van der Waals surface area contributed by atoms with Crippen LogP contribution in [0, 0.1) is 0 Å². The van der Waals surface area contributed by atoms with Crippen LogP contribution in [0.25, 0.3) is 16.5 Å². The summed E-state index contributed by atoms with van der Waals surface area (Å²) in [5.74, 6) is -0.129. The molecule has 1 amide bonds. The lowest BCUT2D eigenvalue weighted by atomic mass is 10.1. The van der Waals surface area contributed by atoms with Crippen LogP contribution < -0.4 is 15.2 Å². The minimum Gasteiger partial charge on any atom is -0.425 e. The lowest BCUT2D eigenvalue weighted by molar-refractivity contribution is -0.132. The number of nitrogens with one attached hydrogen (secondary N) is 1. The summed E-state index contributed by atoms with van der Waals surface area (Å²) in [7, 11) is 0. The number of hydrogen-bond acceptors (Lipinski definition) is 7. The topological polar surface area (TPSA) is 83.9 Å². The van der Waals surface area contributed by atoms with Crippen molar-refractivity contribution in [3.05, 3.63) is 103 Å². The first-order valence-corrected chi connectivity index (χ1v) is 14.3. The maximum absolute atomic E-state index is 13.3. The van der Waals surface area contributed by atoms with Crippen LogP contribution in [0.5, 0.6) is 5.75 Å². The van der Waals surface area contributed by atoms with E-state index in [2.05, 4.69) is 58.2 Å². The molecule has 1 aromatic heterocycles. The van der Waals surface area contributed by atoms with Crippen molar-refractivity contribution in [1.29, 1.82) is 0 Å². The van der Waals surface area contributed by atoms with Crippen LogP contribution in [-0.4, -0.2) is 22.7 Å². The predicted molar refractivity (Wildman–Crippen MR) is 160 cm³/mol. The Labute approximate surface area is 247 Å². The average Bonchev–Trinajstić information content (AvgIpc) is 3.38. The summed E-state index contributed by atoms with van der Waals surface area (Å²) in [5.41, 5.74) is 5.36. The van der Waals surface area contributed by atoms with E-state index >= 15 is 0 Å². The summed E-state index contributed by atoms with van der Waals surface area (Å²) in [6.45, 7) is 1.32. The van der Waals surface area contributed by atoms with Crippen molar-refractivity contribution in [3.63, 3.8) is 0 Å². The molecule has 5 rings (SSSR count). The molecule has 0 unspecified atom stereocenters. The maximum atomic E-state index is 13.3. The quantitative estimate of drug-likeness (QED) is 0.133. The molecule has 0 saturated carbocycles. The van der Waals surface area contributed by atoms with Crippen molar-refractivity contribution in [2.24, 2.45) is 4.99 Å². The third-order valence-corrected chi connectivity index (χ3v) is 7.91. The highest BCUT2D eigenvalue weighted by atomic mass is 79.9. The molecular formula is C27H17Br3N4O3S. The van der Waals surface area contributed by atoms with Crippen LogP contribution in [0.4, 0.5) is 5.13 Å². The number of amides is 1. The number of carbonyl (C=O) groups is 2. The Balaban J connectivity index is 1.60. The van der Waals surface area contributed by atoms with Gasteiger partial charge in [-0.1, -0.05) is 85.7 Å². The van der Waals surface area contributed by atoms with Gasteiger partial charge in [-0.15, -0.1) is 0 Å². The average molecular weight is 717 g/mol. The summed E-state index contributed by atoms with van der Waals surface area (Å²) >= 11 is 11.8. The van der Waals surface area contributed by atoms with Crippen molar-refractivity contribution in [1.82, 2.24) is 10.4 Å². The zero-order valence-electron chi connectivity index (χ0n) is 19.6. The highest BCUT2D eigenvalue weighted by Gasteiger charge is 2.29. The van der Waals surface area contributed by atoms with Crippen LogP contribution in [0.15, 0.2) is 97.0 Å². The molecule has 1 aliphatic rings. The van der Waals surface area contributed by atoms with E-state index in [0.29, 0.717) is 26.8 Å². The fourth-order valence-electron chi connectivity index (χ4n) is 3.65. The Bertz CT molecular complexity index is 1600. The number of nitrogens with zero attached hydrogens (tertiary/aromatic N) is 3. The third kappa shape index (κ3) is 5.80. The summed E-state index contributed by atoms with van der Waals surface area (Å²) in [6.07, 6.45) is 3.35. The van der Waals surface area contributed by atoms with Gasteiger partial charge in [-0.2, -0.15) is 0 Å². The minimum absolute atomic E-state index is 0.142. The Morgan fingerprint density at radius 2 is 1.74 bits per heavy atom. The van der Waals surface area contributed by atoms with Gasteiger partial charge < -0.3 is 4.74 Å². The number of benzene rings is 3. The van der Waals surface area contributed by atoms with Crippen molar-refractivity contribution >= 4 is 88.0 Å². The van der Waals surface area contributed by atoms with E-state index in [-0.39, 0.29) is 5.70 Å². The number of thiazole rings is 1. The molecule has 7 nitrogen and oxygen atoms in total. The number of aromatic nitrogens is 1. The number of ether oxygens (including phenoxy) is 1. The molecule has 4 aromatic rings. The van der Waals surface area contributed by atoms with Crippen molar-refractivity contribution < 1.29 is 14.3 Å². The van der Waals surface area contributed by atoms with Crippen LogP contribution in [0.1, 0.15) is 18.1 Å². The normalized spacial score (nSPS) is 14.3. The molecule has 38 heavy (non-hydrogen) atoms. The Hall–Kier alpha value is -3.12. The minimum atomic E-state index is -0.481. The first-order chi connectivity index (χ1) is 18.3. The van der Waals surface area contributed by atoms with Crippen molar-refractivity contribution in [2.45, 2.75) is 6.92 Å². The Morgan fingerprint density at radius 1 is 1.00 bits per heavy atom. The van der Waals surface area contributed by atoms with Gasteiger partial charge >= 0.3 is 5.97 Å². The number of hydrazine groups is 1. The standard InChI is InChI=1S/C27H17Br3N4O3S/c1-15(35)37-24-18(11-20(29)13-21(24)30)12-22-26(36)33-34(25(32-22)17-5-3-2-4-6-17)27-31-14-23(38-27)16-7-9-19(28)10-8-16/h2-14H,1H3,(H,33,36)/b22-12-. The highest BCUT2D eigenvalue weighted by Crippen LogP contribution is 2.36. The fraction of sp³-hybridized carbons (Fsp3) is 0.0370. The highest BCUT2D eigenvalue weighted by molar-refractivity contribution is 9.11.